The van der Waals surface area contributed by atoms with Crippen LogP contribution in [0.25, 0.3) is 0 Å². The lowest BCUT2D eigenvalue weighted by Crippen LogP contribution is -2.42. The molecule has 2 amide bonds. The highest BCUT2D eigenvalue weighted by molar-refractivity contribution is 8.00. The Bertz CT molecular complexity index is 1220. The molecule has 3 fully saturated rings. The largest absolute Gasteiger partial charge is 0.508 e. The number of carboxylic acid groups (broad SMARTS) is 1. The van der Waals surface area contributed by atoms with Crippen molar-refractivity contribution in [3.05, 3.63) is 44.4 Å². The van der Waals surface area contributed by atoms with E-state index < -0.39 is 5.97 Å². The van der Waals surface area contributed by atoms with Gasteiger partial charge in [0.15, 0.2) is 0 Å². The Morgan fingerprint density at radius 1 is 1.09 bits per heavy atom. The van der Waals surface area contributed by atoms with Gasteiger partial charge in [-0.3, -0.25) is 24.1 Å². The maximum Gasteiger partial charge on any atom is 0.305 e. The summed E-state index contributed by atoms with van der Waals surface area (Å²) in [6, 6.07) is 7.05. The summed E-state index contributed by atoms with van der Waals surface area (Å²) in [5.74, 6) is -1.69. The number of nitrogens with one attached hydrogen (secondary N) is 1. The third-order valence-corrected chi connectivity index (χ3v) is 10.4. The van der Waals surface area contributed by atoms with Gasteiger partial charge in [0.1, 0.15) is 5.75 Å². The zero-order chi connectivity index (χ0) is 23.0. The SMILES string of the molecule is O=C(O)CCCN1C(=O)C2C3CC(C2C1=O)C1C3Sc2[nH]c(=O)sc2[C@@H]1c1ccc(O)cc1. The molecule has 0 spiro atoms. The first kappa shape index (κ1) is 21.0. The molecule has 2 aliphatic heterocycles. The molecule has 10 heteroatoms. The Balaban J connectivity index is 1.37. The van der Waals surface area contributed by atoms with Crippen LogP contribution in [0.4, 0.5) is 0 Å². The Morgan fingerprint density at radius 2 is 1.79 bits per heavy atom. The number of fused-ring (bicyclic) bond motifs is 9. The molecule has 7 atom stereocenters. The van der Waals surface area contributed by atoms with E-state index in [4.69, 9.17) is 5.11 Å². The van der Waals surface area contributed by atoms with Gasteiger partial charge in [-0.1, -0.05) is 23.5 Å². The summed E-state index contributed by atoms with van der Waals surface area (Å²) in [4.78, 5) is 54.8. The molecule has 3 N–H and O–H groups in total. The number of benzene rings is 1. The van der Waals surface area contributed by atoms with Crippen LogP contribution in [0.1, 0.15) is 35.6 Å². The molecular weight excluding hydrogens is 464 g/mol. The van der Waals surface area contributed by atoms with Gasteiger partial charge in [-0.05, 0) is 48.3 Å². The fourth-order valence-corrected chi connectivity index (χ4v) is 9.63. The second-order valence-corrected chi connectivity index (χ2v) is 11.6. The molecule has 1 saturated heterocycles. The maximum absolute atomic E-state index is 13.3. The summed E-state index contributed by atoms with van der Waals surface area (Å²) < 4.78 is 0. The van der Waals surface area contributed by atoms with E-state index in [1.165, 1.54) is 16.2 Å². The van der Waals surface area contributed by atoms with Crippen LogP contribution in [0.5, 0.6) is 5.75 Å². The van der Waals surface area contributed by atoms with Crippen LogP contribution >= 0.6 is 23.1 Å². The number of imide groups is 1. The molecule has 1 aromatic carbocycles. The van der Waals surface area contributed by atoms with E-state index in [0.29, 0.717) is 0 Å². The van der Waals surface area contributed by atoms with Crippen molar-refractivity contribution in [2.45, 2.75) is 35.5 Å². The summed E-state index contributed by atoms with van der Waals surface area (Å²) in [5, 5.41) is 19.7. The van der Waals surface area contributed by atoms with Crippen LogP contribution in [-0.4, -0.2) is 49.7 Å². The highest BCUT2D eigenvalue weighted by atomic mass is 32.2. The average molecular weight is 487 g/mol. The maximum atomic E-state index is 13.3. The van der Waals surface area contributed by atoms with Crippen molar-refractivity contribution >= 4 is 40.9 Å². The van der Waals surface area contributed by atoms with Gasteiger partial charge >= 0.3 is 10.8 Å². The van der Waals surface area contributed by atoms with Gasteiger partial charge in [0, 0.05) is 29.0 Å². The number of phenolic OH excluding ortho intramolecular Hbond substituents is 1. The van der Waals surface area contributed by atoms with E-state index in [-0.39, 0.29) is 82.6 Å². The van der Waals surface area contributed by atoms with E-state index >= 15 is 0 Å². The lowest BCUT2D eigenvalue weighted by Gasteiger charge is -2.43. The molecule has 6 unspecified atom stereocenters. The number of carbonyl (C=O) groups is 3. The van der Waals surface area contributed by atoms with Crippen LogP contribution in [0, 0.1) is 29.6 Å². The minimum Gasteiger partial charge on any atom is -0.508 e. The summed E-state index contributed by atoms with van der Waals surface area (Å²) in [5.41, 5.74) is 0.999. The first-order valence-corrected chi connectivity index (χ1v) is 12.8. The van der Waals surface area contributed by atoms with Crippen molar-refractivity contribution in [2.24, 2.45) is 29.6 Å². The highest BCUT2D eigenvalue weighted by Crippen LogP contribution is 2.68. The van der Waals surface area contributed by atoms with Crippen LogP contribution in [0.3, 0.4) is 0 Å². The second kappa shape index (κ2) is 7.46. The number of nitrogens with zero attached hydrogens (tertiary/aromatic N) is 1. The molecule has 6 rings (SSSR count). The quantitative estimate of drug-likeness (QED) is 0.554. The Kier molecular flexibility index (Phi) is 4.74. The number of amides is 2. The van der Waals surface area contributed by atoms with Gasteiger partial charge in [-0.25, -0.2) is 0 Å². The molecule has 2 aliphatic carbocycles. The predicted molar refractivity (Wildman–Crippen MR) is 120 cm³/mol. The van der Waals surface area contributed by atoms with Crippen molar-refractivity contribution in [2.75, 3.05) is 6.54 Å². The van der Waals surface area contributed by atoms with Crippen molar-refractivity contribution < 1.29 is 24.6 Å². The van der Waals surface area contributed by atoms with E-state index in [9.17, 15) is 24.3 Å². The Morgan fingerprint density at radius 3 is 2.48 bits per heavy atom. The Labute approximate surface area is 197 Å². The van der Waals surface area contributed by atoms with Gasteiger partial charge in [-0.2, -0.15) is 0 Å². The van der Waals surface area contributed by atoms with Crippen molar-refractivity contribution in [3.8, 4) is 5.75 Å². The van der Waals surface area contributed by atoms with Gasteiger partial charge in [0.25, 0.3) is 0 Å². The number of phenols is 1. The predicted octanol–water partition coefficient (Wildman–Crippen LogP) is 2.48. The molecular formula is C23H22N2O6S2. The number of carboxylic acids is 1. The summed E-state index contributed by atoms with van der Waals surface area (Å²) in [6.45, 7) is 0.154. The van der Waals surface area contributed by atoms with Crippen molar-refractivity contribution in [3.63, 3.8) is 0 Å². The normalized spacial score (nSPS) is 33.8. The number of carbonyl (C=O) groups excluding carboxylic acids is 2. The third-order valence-electron chi connectivity index (χ3n) is 7.84. The lowest BCUT2D eigenvalue weighted by atomic mass is 9.68. The van der Waals surface area contributed by atoms with Crippen molar-refractivity contribution in [1.29, 1.82) is 0 Å². The molecule has 0 radical (unpaired) electrons. The number of aromatic amines is 1. The van der Waals surface area contributed by atoms with E-state index in [1.54, 1.807) is 23.9 Å². The molecule has 1 aromatic heterocycles. The van der Waals surface area contributed by atoms with Gasteiger partial charge < -0.3 is 15.2 Å². The number of hydrogen-bond acceptors (Lipinski definition) is 7. The minimum absolute atomic E-state index is 0.0302. The average Bonchev–Trinajstić information content (AvgIpc) is 3.49. The van der Waals surface area contributed by atoms with Crippen LogP contribution in [0.15, 0.2) is 34.1 Å². The molecule has 3 heterocycles. The Hall–Kier alpha value is -2.59. The van der Waals surface area contributed by atoms with E-state index in [2.05, 4.69) is 4.98 Å². The first-order valence-electron chi connectivity index (χ1n) is 11.1. The molecule has 33 heavy (non-hydrogen) atoms. The molecule has 8 nitrogen and oxygen atoms in total. The zero-order valence-corrected chi connectivity index (χ0v) is 19.1. The van der Waals surface area contributed by atoms with Crippen molar-refractivity contribution in [1.82, 2.24) is 9.88 Å². The fraction of sp³-hybridized carbons (Fsp3) is 0.478. The molecule has 4 aliphatic rings. The molecule has 2 aromatic rings. The number of aliphatic carboxylic acids is 1. The molecule has 2 bridgehead atoms. The topological polar surface area (TPSA) is 128 Å². The van der Waals surface area contributed by atoms with Gasteiger partial charge in [0.2, 0.25) is 11.8 Å². The number of hydrogen-bond donors (Lipinski definition) is 3. The summed E-state index contributed by atoms with van der Waals surface area (Å²) in [6.07, 6.45) is 1.00. The first-order chi connectivity index (χ1) is 15.8. The number of H-pyrrole nitrogens is 1. The number of aromatic nitrogens is 1. The minimum atomic E-state index is -0.936. The smallest absolute Gasteiger partial charge is 0.305 e. The van der Waals surface area contributed by atoms with Crippen LogP contribution in [-0.2, 0) is 14.4 Å². The standard InChI is InChI=1S/C23H22N2O6S2/c26-10-5-3-9(4-6-10)14-15-11-8-12(18(15)32-20-19(14)33-23(31)24-20)17-16(11)21(29)25(22(17)30)7-1-2-13(27)28/h3-6,11-12,14-18,26H,1-2,7-8H2,(H,24,31)(H,27,28)/t11?,12?,14-,15?,16?,17?,18?/m1/s1. The number of thioether (sulfide) groups is 1. The summed E-state index contributed by atoms with van der Waals surface area (Å²) >= 11 is 2.84. The number of rotatable bonds is 5. The van der Waals surface area contributed by atoms with Crippen LogP contribution < -0.4 is 4.87 Å². The molecule has 2 saturated carbocycles. The molecule has 172 valence electrons. The zero-order valence-electron chi connectivity index (χ0n) is 17.5. The van der Waals surface area contributed by atoms with Crippen LogP contribution in [0.2, 0.25) is 0 Å². The number of likely N-dealkylation sites (tertiary alicyclic amines) is 1. The third kappa shape index (κ3) is 3.03. The highest BCUT2D eigenvalue weighted by Gasteiger charge is 2.69. The van der Waals surface area contributed by atoms with Gasteiger partial charge in [0.05, 0.1) is 16.9 Å². The lowest BCUT2D eigenvalue weighted by molar-refractivity contribution is -0.142. The van der Waals surface area contributed by atoms with E-state index in [0.717, 1.165) is 21.9 Å². The van der Waals surface area contributed by atoms with E-state index in [1.807, 2.05) is 12.1 Å². The second-order valence-electron chi connectivity index (χ2n) is 9.38. The van der Waals surface area contributed by atoms with Gasteiger partial charge in [-0.15, -0.1) is 11.8 Å². The number of aromatic hydroxyl groups is 1. The number of thiazole rings is 1. The fourth-order valence-electron chi connectivity index (χ4n) is 6.74. The monoisotopic (exact) mass is 486 g/mol. The summed E-state index contributed by atoms with van der Waals surface area (Å²) in [7, 11) is 0.